The van der Waals surface area contributed by atoms with Crippen LogP contribution in [0.25, 0.3) is 0 Å². The van der Waals surface area contributed by atoms with E-state index in [1.807, 2.05) is 0 Å². The normalized spacial score (nSPS) is 12.4. The van der Waals surface area contributed by atoms with Gasteiger partial charge in [0.25, 0.3) is 0 Å². The minimum atomic E-state index is -0.820. The Labute approximate surface area is 503 Å². The van der Waals surface area contributed by atoms with Crippen LogP contribution in [0.15, 0.2) is 24.3 Å². The van der Waals surface area contributed by atoms with Crippen LogP contribution in [0, 0.1) is 0 Å². The van der Waals surface area contributed by atoms with E-state index >= 15 is 0 Å². The van der Waals surface area contributed by atoms with Gasteiger partial charge in [0.05, 0.1) is 0 Å². The van der Waals surface area contributed by atoms with Gasteiger partial charge in [0, 0.05) is 25.7 Å². The van der Waals surface area contributed by atoms with E-state index in [0.29, 0.717) is 25.7 Å². The summed E-state index contributed by atoms with van der Waals surface area (Å²) in [7, 11) is 0. The highest BCUT2D eigenvalue weighted by atomic mass is 16.6. The molecule has 476 valence electrons. The van der Waals surface area contributed by atoms with Crippen LogP contribution in [-0.4, -0.2) is 49.3 Å². The minimum Gasteiger partial charge on any atom is -0.462 e. The number of rotatable bonds is 66. The van der Waals surface area contributed by atoms with Gasteiger partial charge in [-0.25, -0.2) is 0 Å². The van der Waals surface area contributed by atoms with E-state index in [-0.39, 0.29) is 49.6 Å². The standard InChI is InChI=1S/C73H136O8/c1-5-9-13-17-21-24-27-30-32-35-38-41-45-51-57-63-71(75)79-67-69(66-78-70(74)62-56-50-44-40-37-34-29-26-23-19-15-11-7-3)81-73(77)65-59-53-47-49-55-61-68(60-54-48-43-20-16-12-8-4)80-72(76)64-58-52-46-42-39-36-33-31-28-25-22-18-14-10-6-2/h30-33,68-69H,5-29,34-67H2,1-4H3/b32-30-,33-31-/t68?,69-/m1/s1. The van der Waals surface area contributed by atoms with Crippen molar-refractivity contribution in [2.75, 3.05) is 13.2 Å². The van der Waals surface area contributed by atoms with Crippen molar-refractivity contribution < 1.29 is 38.1 Å². The van der Waals surface area contributed by atoms with Gasteiger partial charge in [0.2, 0.25) is 0 Å². The highest BCUT2D eigenvalue weighted by molar-refractivity contribution is 5.71. The largest absolute Gasteiger partial charge is 0.462 e. The van der Waals surface area contributed by atoms with Crippen LogP contribution in [0.3, 0.4) is 0 Å². The van der Waals surface area contributed by atoms with Crippen LogP contribution < -0.4 is 0 Å². The number of allylic oxidation sites excluding steroid dienone is 4. The molecule has 0 aliphatic carbocycles. The number of hydrogen-bond donors (Lipinski definition) is 0. The molecule has 0 spiro atoms. The number of carbonyl (C=O) groups is 4. The Morgan fingerprint density at radius 1 is 0.247 bits per heavy atom. The Balaban J connectivity index is 4.80. The van der Waals surface area contributed by atoms with Crippen LogP contribution in [0.5, 0.6) is 0 Å². The van der Waals surface area contributed by atoms with Crippen LogP contribution in [0.2, 0.25) is 0 Å². The molecular formula is C73H136O8. The van der Waals surface area contributed by atoms with Crippen molar-refractivity contribution in [2.24, 2.45) is 0 Å². The van der Waals surface area contributed by atoms with Crippen molar-refractivity contribution in [3.8, 4) is 0 Å². The van der Waals surface area contributed by atoms with E-state index in [0.717, 1.165) is 109 Å². The summed E-state index contributed by atoms with van der Waals surface area (Å²) in [6.45, 7) is 8.84. The molecule has 0 aromatic rings. The summed E-state index contributed by atoms with van der Waals surface area (Å²) in [6.07, 6.45) is 73.1. The van der Waals surface area contributed by atoms with E-state index in [2.05, 4.69) is 52.0 Å². The fourth-order valence-corrected chi connectivity index (χ4v) is 10.9. The third kappa shape index (κ3) is 63.2. The molecule has 0 heterocycles. The topological polar surface area (TPSA) is 105 Å². The van der Waals surface area contributed by atoms with Gasteiger partial charge in [-0.1, -0.05) is 290 Å². The van der Waals surface area contributed by atoms with Crippen molar-refractivity contribution in [2.45, 2.75) is 406 Å². The van der Waals surface area contributed by atoms with Gasteiger partial charge < -0.3 is 18.9 Å². The lowest BCUT2D eigenvalue weighted by atomic mass is 10.0. The Morgan fingerprint density at radius 3 is 0.728 bits per heavy atom. The molecule has 1 unspecified atom stereocenters. The van der Waals surface area contributed by atoms with Crippen LogP contribution in [0.1, 0.15) is 394 Å². The summed E-state index contributed by atoms with van der Waals surface area (Å²) in [5.74, 6) is -0.981. The third-order valence-electron chi connectivity index (χ3n) is 16.3. The molecule has 0 saturated carbocycles. The molecule has 0 aliphatic rings. The maximum Gasteiger partial charge on any atom is 0.306 e. The number of hydrogen-bond acceptors (Lipinski definition) is 8. The summed E-state index contributed by atoms with van der Waals surface area (Å²) in [5.41, 5.74) is 0. The molecule has 8 nitrogen and oxygen atoms in total. The molecule has 0 bridgehead atoms. The fraction of sp³-hybridized carbons (Fsp3) is 0.890. The predicted octanol–water partition coefficient (Wildman–Crippen LogP) is 23.3. The maximum absolute atomic E-state index is 13.1. The second-order valence-electron chi connectivity index (χ2n) is 24.5. The van der Waals surface area contributed by atoms with Gasteiger partial charge in [0.15, 0.2) is 6.10 Å². The van der Waals surface area contributed by atoms with Crippen molar-refractivity contribution >= 4 is 23.9 Å². The lowest BCUT2D eigenvalue weighted by Gasteiger charge is -2.19. The maximum atomic E-state index is 13.1. The molecule has 0 aliphatic heterocycles. The average Bonchev–Trinajstić information content (AvgIpc) is 3.46. The second-order valence-corrected chi connectivity index (χ2v) is 24.5. The summed E-state index contributed by atoms with van der Waals surface area (Å²) in [5, 5.41) is 0. The Hall–Kier alpha value is -2.64. The van der Waals surface area contributed by atoms with E-state index < -0.39 is 6.10 Å². The Morgan fingerprint density at radius 2 is 0.457 bits per heavy atom. The predicted molar refractivity (Wildman–Crippen MR) is 346 cm³/mol. The molecule has 0 radical (unpaired) electrons. The zero-order chi connectivity index (χ0) is 58.8. The molecule has 0 amide bonds. The third-order valence-corrected chi connectivity index (χ3v) is 16.3. The number of unbranched alkanes of at least 4 members (excludes halogenated alkanes) is 44. The second kappa shape index (κ2) is 66.5. The van der Waals surface area contributed by atoms with E-state index in [9.17, 15) is 19.2 Å². The first-order valence-corrected chi connectivity index (χ1v) is 35.9. The first-order valence-electron chi connectivity index (χ1n) is 35.9. The number of ether oxygens (including phenoxy) is 4. The lowest BCUT2D eigenvalue weighted by Crippen LogP contribution is -2.30. The highest BCUT2D eigenvalue weighted by Crippen LogP contribution is 2.20. The summed E-state index contributed by atoms with van der Waals surface area (Å²) in [4.78, 5) is 51.7. The molecule has 0 fully saturated rings. The summed E-state index contributed by atoms with van der Waals surface area (Å²) in [6, 6.07) is 0. The summed E-state index contributed by atoms with van der Waals surface area (Å²) >= 11 is 0. The van der Waals surface area contributed by atoms with E-state index in [1.165, 1.54) is 225 Å². The molecule has 0 rings (SSSR count). The smallest absolute Gasteiger partial charge is 0.306 e. The molecular weight excluding hydrogens is 1000 g/mol. The van der Waals surface area contributed by atoms with Gasteiger partial charge in [0.1, 0.15) is 19.3 Å². The molecule has 0 N–H and O–H groups in total. The quantitative estimate of drug-likeness (QED) is 0.0257. The van der Waals surface area contributed by atoms with Crippen molar-refractivity contribution in [1.29, 1.82) is 0 Å². The molecule has 81 heavy (non-hydrogen) atoms. The first kappa shape index (κ1) is 78.4. The van der Waals surface area contributed by atoms with Crippen molar-refractivity contribution in [3.05, 3.63) is 24.3 Å². The van der Waals surface area contributed by atoms with Crippen LogP contribution in [-0.2, 0) is 38.1 Å². The molecule has 0 saturated heterocycles. The van der Waals surface area contributed by atoms with Gasteiger partial charge in [-0.3, -0.25) is 19.2 Å². The zero-order valence-corrected chi connectivity index (χ0v) is 54.4. The van der Waals surface area contributed by atoms with Crippen LogP contribution >= 0.6 is 0 Å². The fourth-order valence-electron chi connectivity index (χ4n) is 10.9. The molecule has 0 aromatic heterocycles. The Kier molecular flexibility index (Phi) is 64.3. The van der Waals surface area contributed by atoms with E-state index in [1.54, 1.807) is 0 Å². The Bertz CT molecular complexity index is 1390. The first-order chi connectivity index (χ1) is 39.9. The SMILES string of the molecule is CCCCCCCC/C=C\CCCCCCCC(=O)OC[C@@H](COC(=O)CCCCCCCCCCCCCCC)OC(=O)CCCCCCCC(CCCCCCCCC)OC(=O)CCCCCCC/C=C\CCCCCCCC. The van der Waals surface area contributed by atoms with Gasteiger partial charge in [-0.05, 0) is 103 Å². The number of esters is 4. The minimum absolute atomic E-state index is 0.0114. The van der Waals surface area contributed by atoms with Crippen LogP contribution in [0.4, 0.5) is 0 Å². The lowest BCUT2D eigenvalue weighted by molar-refractivity contribution is -0.167. The van der Waals surface area contributed by atoms with E-state index in [4.69, 9.17) is 18.9 Å². The molecule has 8 heteroatoms. The van der Waals surface area contributed by atoms with Gasteiger partial charge >= 0.3 is 23.9 Å². The number of carbonyl (C=O) groups excluding carboxylic acids is 4. The average molecular weight is 1140 g/mol. The summed E-state index contributed by atoms with van der Waals surface area (Å²) < 4.78 is 23.2. The molecule has 0 aromatic carbocycles. The van der Waals surface area contributed by atoms with Crippen molar-refractivity contribution in [3.63, 3.8) is 0 Å². The highest BCUT2D eigenvalue weighted by Gasteiger charge is 2.20. The van der Waals surface area contributed by atoms with Gasteiger partial charge in [-0.2, -0.15) is 0 Å². The monoisotopic (exact) mass is 1140 g/mol. The van der Waals surface area contributed by atoms with Gasteiger partial charge in [-0.15, -0.1) is 0 Å². The molecule has 2 atom stereocenters. The zero-order valence-electron chi connectivity index (χ0n) is 54.4. The van der Waals surface area contributed by atoms with Crippen molar-refractivity contribution in [1.82, 2.24) is 0 Å².